The summed E-state index contributed by atoms with van der Waals surface area (Å²) in [5.41, 5.74) is 1.41. The van der Waals surface area contributed by atoms with E-state index in [1.54, 1.807) is 4.90 Å². The van der Waals surface area contributed by atoms with Crippen molar-refractivity contribution in [1.29, 1.82) is 0 Å². The molecule has 0 radical (unpaired) electrons. The lowest BCUT2D eigenvalue weighted by molar-refractivity contribution is -0.151. The van der Waals surface area contributed by atoms with Gasteiger partial charge in [0, 0.05) is 13.1 Å². The second-order valence-corrected chi connectivity index (χ2v) is 5.82. The van der Waals surface area contributed by atoms with Gasteiger partial charge in [0.1, 0.15) is 11.3 Å². The van der Waals surface area contributed by atoms with E-state index in [4.69, 9.17) is 13.9 Å². The van der Waals surface area contributed by atoms with E-state index in [0.717, 1.165) is 17.3 Å². The van der Waals surface area contributed by atoms with E-state index in [-0.39, 0.29) is 18.3 Å². The fraction of sp³-hybridized carbons (Fsp3) is 0.400. The van der Waals surface area contributed by atoms with Crippen molar-refractivity contribution in [2.45, 2.75) is 5.22 Å². The van der Waals surface area contributed by atoms with Gasteiger partial charge in [-0.2, -0.15) is 0 Å². The largest absolute Gasteiger partial charge is 0.455 e. The monoisotopic (exact) mass is 336 g/mol. The molecular weight excluding hydrogens is 320 g/mol. The van der Waals surface area contributed by atoms with Gasteiger partial charge in [0.2, 0.25) is 0 Å². The van der Waals surface area contributed by atoms with E-state index >= 15 is 0 Å². The molecule has 1 aromatic heterocycles. The number of thioether (sulfide) groups is 1. The first-order valence-electron chi connectivity index (χ1n) is 7.22. The zero-order chi connectivity index (χ0) is 16.1. The van der Waals surface area contributed by atoms with Gasteiger partial charge in [-0.25, -0.2) is 4.98 Å². The molecule has 1 saturated heterocycles. The molecular formula is C15H16N2O5S. The number of fused-ring (bicyclic) bond motifs is 1. The summed E-state index contributed by atoms with van der Waals surface area (Å²) in [7, 11) is 0. The summed E-state index contributed by atoms with van der Waals surface area (Å²) < 4.78 is 15.7. The van der Waals surface area contributed by atoms with Gasteiger partial charge in [-0.3, -0.25) is 9.59 Å². The van der Waals surface area contributed by atoms with Gasteiger partial charge in [-0.15, -0.1) is 0 Å². The molecule has 0 unspecified atom stereocenters. The van der Waals surface area contributed by atoms with Gasteiger partial charge in [-0.1, -0.05) is 23.9 Å². The SMILES string of the molecule is O=C(CSc1nc2ccccc2o1)OCC(=O)N1CCOCC1. The Balaban J connectivity index is 1.43. The van der Waals surface area contributed by atoms with Gasteiger partial charge in [0.25, 0.3) is 11.1 Å². The van der Waals surface area contributed by atoms with E-state index in [1.807, 2.05) is 24.3 Å². The summed E-state index contributed by atoms with van der Waals surface area (Å²) in [6, 6.07) is 7.37. The average Bonchev–Trinajstić information content (AvgIpc) is 3.01. The number of amides is 1. The maximum Gasteiger partial charge on any atom is 0.316 e. The molecule has 1 aliphatic rings. The lowest BCUT2D eigenvalue weighted by Crippen LogP contribution is -2.42. The summed E-state index contributed by atoms with van der Waals surface area (Å²) in [4.78, 5) is 29.4. The highest BCUT2D eigenvalue weighted by Gasteiger charge is 2.18. The standard InChI is InChI=1S/C15H16N2O5S/c18-13(17-5-7-20-8-6-17)9-21-14(19)10-23-15-16-11-3-1-2-4-12(11)22-15/h1-4H,5-10H2. The Morgan fingerprint density at radius 2 is 2.04 bits per heavy atom. The lowest BCUT2D eigenvalue weighted by atomic mass is 10.3. The number of nitrogens with zero attached hydrogens (tertiary/aromatic N) is 2. The van der Waals surface area contributed by atoms with Crippen molar-refractivity contribution >= 4 is 34.7 Å². The van der Waals surface area contributed by atoms with Gasteiger partial charge >= 0.3 is 5.97 Å². The molecule has 0 bridgehead atoms. The van der Waals surface area contributed by atoms with Crippen molar-refractivity contribution in [3.8, 4) is 0 Å². The van der Waals surface area contributed by atoms with Crippen LogP contribution in [0, 0.1) is 0 Å². The first-order valence-corrected chi connectivity index (χ1v) is 8.20. The number of rotatable bonds is 5. The molecule has 1 aromatic carbocycles. The summed E-state index contributed by atoms with van der Waals surface area (Å²) >= 11 is 1.14. The van der Waals surface area contributed by atoms with E-state index in [9.17, 15) is 9.59 Å². The fourth-order valence-corrected chi connectivity index (χ4v) is 2.76. The number of carbonyl (C=O) groups is 2. The average molecular weight is 336 g/mol. The van der Waals surface area contributed by atoms with Gasteiger partial charge in [-0.05, 0) is 12.1 Å². The number of esters is 1. The van der Waals surface area contributed by atoms with Crippen molar-refractivity contribution in [2.24, 2.45) is 0 Å². The molecule has 3 rings (SSSR count). The Hall–Kier alpha value is -2.06. The highest BCUT2D eigenvalue weighted by Crippen LogP contribution is 2.23. The molecule has 7 nitrogen and oxygen atoms in total. The van der Waals surface area contributed by atoms with Crippen molar-refractivity contribution in [2.75, 3.05) is 38.7 Å². The highest BCUT2D eigenvalue weighted by atomic mass is 32.2. The Morgan fingerprint density at radius 1 is 1.26 bits per heavy atom. The molecule has 2 aromatic rings. The summed E-state index contributed by atoms with van der Waals surface area (Å²) in [5.74, 6) is -0.629. The molecule has 0 N–H and O–H groups in total. The minimum absolute atomic E-state index is 0.0449. The third-order valence-electron chi connectivity index (χ3n) is 3.31. The van der Waals surface area contributed by atoms with Crippen LogP contribution in [0.15, 0.2) is 33.9 Å². The Bertz CT molecular complexity index is 663. The number of benzene rings is 1. The van der Waals surface area contributed by atoms with Crippen LogP contribution in [-0.2, 0) is 19.1 Å². The predicted molar refractivity (Wildman–Crippen MR) is 83.1 cm³/mol. The summed E-state index contributed by atoms with van der Waals surface area (Å²) in [5, 5.41) is 0.405. The van der Waals surface area contributed by atoms with Crippen LogP contribution in [0.3, 0.4) is 0 Å². The second-order valence-electron chi connectivity index (χ2n) is 4.89. The van der Waals surface area contributed by atoms with Crippen LogP contribution in [0.2, 0.25) is 0 Å². The second kappa shape index (κ2) is 7.47. The molecule has 0 aliphatic carbocycles. The van der Waals surface area contributed by atoms with Crippen LogP contribution in [0.25, 0.3) is 11.1 Å². The molecule has 2 heterocycles. The Labute approximate surface area is 136 Å². The zero-order valence-electron chi connectivity index (χ0n) is 12.4. The quantitative estimate of drug-likeness (QED) is 0.601. The van der Waals surface area contributed by atoms with Crippen LogP contribution in [0.5, 0.6) is 0 Å². The third kappa shape index (κ3) is 4.23. The molecule has 0 spiro atoms. The first-order chi connectivity index (χ1) is 11.2. The number of hydrogen-bond acceptors (Lipinski definition) is 7. The van der Waals surface area contributed by atoms with E-state index < -0.39 is 5.97 Å². The maximum absolute atomic E-state index is 11.8. The first kappa shape index (κ1) is 15.8. The minimum atomic E-state index is -0.473. The van der Waals surface area contributed by atoms with Crippen LogP contribution in [0.4, 0.5) is 0 Å². The fourth-order valence-electron chi connectivity index (χ4n) is 2.12. The molecule has 1 fully saturated rings. The number of hydrogen-bond donors (Lipinski definition) is 0. The lowest BCUT2D eigenvalue weighted by Gasteiger charge is -2.26. The summed E-state index contributed by atoms with van der Waals surface area (Å²) in [6.45, 7) is 1.87. The van der Waals surface area contributed by atoms with Crippen molar-refractivity contribution < 1.29 is 23.5 Å². The van der Waals surface area contributed by atoms with Crippen LogP contribution in [-0.4, -0.2) is 60.4 Å². The van der Waals surface area contributed by atoms with Crippen LogP contribution >= 0.6 is 11.8 Å². The molecule has 0 atom stereocenters. The van der Waals surface area contributed by atoms with E-state index in [2.05, 4.69) is 4.98 Å². The molecule has 8 heteroatoms. The minimum Gasteiger partial charge on any atom is -0.455 e. The predicted octanol–water partition coefficient (Wildman–Crippen LogP) is 1.32. The van der Waals surface area contributed by atoms with Gasteiger partial charge in [0.05, 0.1) is 13.2 Å². The molecule has 0 saturated carbocycles. The number of aromatic nitrogens is 1. The van der Waals surface area contributed by atoms with Crippen molar-refractivity contribution in [3.05, 3.63) is 24.3 Å². The van der Waals surface area contributed by atoms with Crippen molar-refractivity contribution in [1.82, 2.24) is 9.88 Å². The molecule has 23 heavy (non-hydrogen) atoms. The number of oxazole rings is 1. The highest BCUT2D eigenvalue weighted by molar-refractivity contribution is 7.99. The number of carbonyl (C=O) groups excluding carboxylic acids is 2. The van der Waals surface area contributed by atoms with Gasteiger partial charge < -0.3 is 18.8 Å². The third-order valence-corrected chi connectivity index (χ3v) is 4.11. The normalized spacial score (nSPS) is 14.9. The Morgan fingerprint density at radius 3 is 2.83 bits per heavy atom. The molecule has 122 valence electrons. The number of ether oxygens (including phenoxy) is 2. The van der Waals surface area contributed by atoms with Crippen LogP contribution < -0.4 is 0 Å². The van der Waals surface area contributed by atoms with Crippen LogP contribution in [0.1, 0.15) is 0 Å². The smallest absolute Gasteiger partial charge is 0.316 e. The molecule has 1 amide bonds. The number of morpholine rings is 1. The number of para-hydroxylation sites is 2. The maximum atomic E-state index is 11.8. The summed E-state index contributed by atoms with van der Waals surface area (Å²) in [6.07, 6.45) is 0. The topological polar surface area (TPSA) is 81.9 Å². The molecule has 1 aliphatic heterocycles. The Kier molecular flexibility index (Phi) is 5.14. The van der Waals surface area contributed by atoms with E-state index in [0.29, 0.717) is 37.1 Å². The zero-order valence-corrected chi connectivity index (χ0v) is 13.2. The van der Waals surface area contributed by atoms with E-state index in [1.165, 1.54) is 0 Å². The van der Waals surface area contributed by atoms with Crippen molar-refractivity contribution in [3.63, 3.8) is 0 Å². The van der Waals surface area contributed by atoms with Gasteiger partial charge in [0.15, 0.2) is 12.2 Å².